The van der Waals surface area contributed by atoms with Crippen molar-refractivity contribution in [2.45, 2.75) is 71.6 Å². The molecule has 15 nitrogen and oxygen atoms in total. The Hall–Kier alpha value is -5.75. The minimum atomic E-state index is -0.773. The van der Waals surface area contributed by atoms with E-state index in [1.807, 2.05) is 12.1 Å². The molecule has 4 amide bonds. The van der Waals surface area contributed by atoms with Crippen LogP contribution in [0.4, 0.5) is 11.4 Å². The van der Waals surface area contributed by atoms with Gasteiger partial charge >= 0.3 is 0 Å². The van der Waals surface area contributed by atoms with Crippen LogP contribution in [0.1, 0.15) is 79.9 Å². The van der Waals surface area contributed by atoms with Gasteiger partial charge < -0.3 is 29.9 Å². The van der Waals surface area contributed by atoms with Crippen molar-refractivity contribution in [2.24, 2.45) is 16.7 Å². The number of carbonyl (C=O) groups excluding carboxylic acids is 4. The average molecular weight is 792 g/mol. The molecule has 0 unspecified atom stereocenters. The maximum absolute atomic E-state index is 13.5. The van der Waals surface area contributed by atoms with E-state index in [0.717, 1.165) is 70.0 Å². The lowest BCUT2D eigenvalue weighted by atomic mass is 9.49. The minimum absolute atomic E-state index is 0.0119. The molecule has 58 heavy (non-hydrogen) atoms. The Kier molecular flexibility index (Phi) is 11.6. The Labute approximate surface area is 339 Å². The van der Waals surface area contributed by atoms with Gasteiger partial charge in [0.25, 0.3) is 11.8 Å². The number of anilines is 2. The summed E-state index contributed by atoms with van der Waals surface area (Å²) < 4.78 is 11.8. The van der Waals surface area contributed by atoms with E-state index in [1.165, 1.54) is 7.11 Å². The van der Waals surface area contributed by atoms with E-state index >= 15 is 0 Å². The van der Waals surface area contributed by atoms with Crippen LogP contribution in [0.25, 0.3) is 0 Å². The van der Waals surface area contributed by atoms with E-state index in [-0.39, 0.29) is 53.5 Å². The molecule has 3 aromatic rings. The summed E-state index contributed by atoms with van der Waals surface area (Å²) in [7, 11) is 1.53. The Morgan fingerprint density at radius 1 is 0.862 bits per heavy atom. The Balaban J connectivity index is 0.835. The van der Waals surface area contributed by atoms with Crippen molar-refractivity contribution in [3.05, 3.63) is 71.8 Å². The van der Waals surface area contributed by atoms with E-state index in [4.69, 9.17) is 9.47 Å². The fourth-order valence-electron chi connectivity index (χ4n) is 9.39. The number of methoxy groups -OCH3 is 1. The highest BCUT2D eigenvalue weighted by molar-refractivity contribution is 6.03. The zero-order chi connectivity index (χ0) is 41.2. The third-order valence-corrected chi connectivity index (χ3v) is 12.4. The summed E-state index contributed by atoms with van der Waals surface area (Å²) in [5.41, 5.74) is 2.37. The normalized spacial score (nSPS) is 23.2. The molecule has 1 atom stereocenters. The number of hydrogen-bond acceptors (Lipinski definition) is 12. The van der Waals surface area contributed by atoms with Crippen LogP contribution >= 0.6 is 0 Å². The number of nitrogens with one attached hydrogen (secondary N) is 3. The minimum Gasteiger partial charge on any atom is -0.495 e. The van der Waals surface area contributed by atoms with Crippen LogP contribution in [0.15, 0.2) is 54.9 Å². The maximum atomic E-state index is 13.5. The zero-order valence-electron chi connectivity index (χ0n) is 33.9. The summed E-state index contributed by atoms with van der Waals surface area (Å²) in [6.45, 7) is 14.9. The molecular weight excluding hydrogens is 739 g/mol. The highest BCUT2D eigenvalue weighted by Crippen LogP contribution is 2.55. The molecule has 0 radical (unpaired) electrons. The Morgan fingerprint density at radius 3 is 2.14 bits per heavy atom. The third-order valence-electron chi connectivity index (χ3n) is 12.4. The molecule has 2 aromatic carbocycles. The predicted octanol–water partition coefficient (Wildman–Crippen LogP) is 3.54. The van der Waals surface area contributed by atoms with Crippen LogP contribution in [0.3, 0.4) is 0 Å². The number of piperidine rings is 2. The van der Waals surface area contributed by atoms with Crippen molar-refractivity contribution in [1.29, 1.82) is 5.26 Å². The lowest BCUT2D eigenvalue weighted by Crippen LogP contribution is -2.74. The monoisotopic (exact) mass is 791 g/mol. The van der Waals surface area contributed by atoms with Gasteiger partial charge in [0.2, 0.25) is 17.6 Å². The first-order valence-electron chi connectivity index (χ1n) is 20.1. The number of nitrogens with zero attached hydrogens (tertiary/aromatic N) is 6. The summed E-state index contributed by atoms with van der Waals surface area (Å²) in [5, 5.41) is 17.5. The fourth-order valence-corrected chi connectivity index (χ4v) is 9.39. The number of hydrogen-bond donors (Lipinski definition) is 3. The van der Waals surface area contributed by atoms with Gasteiger partial charge in [0.15, 0.2) is 0 Å². The molecule has 4 fully saturated rings. The summed E-state index contributed by atoms with van der Waals surface area (Å²) >= 11 is 0. The first-order valence-corrected chi connectivity index (χ1v) is 20.1. The molecule has 306 valence electrons. The van der Waals surface area contributed by atoms with Gasteiger partial charge in [-0.2, -0.15) is 5.26 Å². The lowest BCUT2D eigenvalue weighted by Gasteiger charge is -2.63. The van der Waals surface area contributed by atoms with Crippen LogP contribution in [0.2, 0.25) is 0 Å². The van der Waals surface area contributed by atoms with Crippen LogP contribution in [0.5, 0.6) is 11.5 Å². The largest absolute Gasteiger partial charge is 0.495 e. The number of nitriles is 1. The molecule has 15 heteroatoms. The van der Waals surface area contributed by atoms with Crippen LogP contribution in [-0.4, -0.2) is 110 Å². The predicted molar refractivity (Wildman–Crippen MR) is 217 cm³/mol. The van der Waals surface area contributed by atoms with E-state index in [9.17, 15) is 24.4 Å². The van der Waals surface area contributed by atoms with Crippen molar-refractivity contribution in [2.75, 3.05) is 62.7 Å². The molecule has 4 aliphatic rings. The highest BCUT2D eigenvalue weighted by Gasteiger charge is 2.64. The molecule has 3 saturated heterocycles. The van der Waals surface area contributed by atoms with Gasteiger partial charge in [-0.1, -0.05) is 27.7 Å². The summed E-state index contributed by atoms with van der Waals surface area (Å²) in [6, 6.07) is 14.4. The highest BCUT2D eigenvalue weighted by atomic mass is 16.5. The van der Waals surface area contributed by atoms with Crippen molar-refractivity contribution in [3.8, 4) is 17.6 Å². The maximum Gasteiger partial charge on any atom is 0.289 e. The number of carbonyl (C=O) groups is 4. The van der Waals surface area contributed by atoms with Crippen LogP contribution < -0.4 is 35.2 Å². The molecule has 3 aliphatic heterocycles. The van der Waals surface area contributed by atoms with E-state index in [1.54, 1.807) is 30.6 Å². The molecule has 1 aliphatic carbocycles. The first-order chi connectivity index (χ1) is 27.8. The molecule has 3 N–H and O–H groups in total. The molecule has 7 rings (SSSR count). The molecule has 0 spiro atoms. The topological polar surface area (TPSA) is 182 Å². The van der Waals surface area contributed by atoms with Crippen molar-refractivity contribution in [1.82, 2.24) is 30.8 Å². The second-order valence-electron chi connectivity index (χ2n) is 17.0. The zero-order valence-corrected chi connectivity index (χ0v) is 33.9. The Bertz CT molecular complexity index is 2030. The number of amides is 4. The van der Waals surface area contributed by atoms with Gasteiger partial charge in [-0.15, -0.1) is 0 Å². The standard InChI is InChI=1S/C43H53N9O6/c1-42(2)40(43(3,4)41(42)58-32-11-8-29(23-44)34(22-32)57-5)49-37(54)28-6-9-30(10-7-28)51-16-14-27(15-17-51)26-50-18-20-52(21-19-50)31-24-45-36(46-25-31)39(56)47-33-12-13-35(53)48-38(33)55/h6-11,22,24-25,27,33,40-41H,12-21,26H2,1-5H3,(H,47,56)(H,49,54)(H,48,53,55)/t33-,40?,41?/m0/s1. The van der Waals surface area contributed by atoms with Crippen LogP contribution in [-0.2, 0) is 9.59 Å². The average Bonchev–Trinajstić information content (AvgIpc) is 3.23. The van der Waals surface area contributed by atoms with E-state index in [0.29, 0.717) is 28.5 Å². The molecular formula is C43H53N9O6. The van der Waals surface area contributed by atoms with Gasteiger partial charge in [0, 0.05) is 86.4 Å². The SMILES string of the molecule is COc1cc(OC2C(C)(C)C(NC(=O)c3ccc(N4CCC(CN5CCN(c6cnc(C(=O)N[C@H]7CCC(=O)NC7=O)nc6)CC5)CC4)cc3)C2(C)C)ccc1C#N. The summed E-state index contributed by atoms with van der Waals surface area (Å²) in [4.78, 5) is 65.1. The summed E-state index contributed by atoms with van der Waals surface area (Å²) in [5.74, 6) is 0.202. The Morgan fingerprint density at radius 2 is 1.52 bits per heavy atom. The number of piperazine rings is 1. The van der Waals surface area contributed by atoms with E-state index in [2.05, 4.69) is 86.5 Å². The second kappa shape index (κ2) is 16.6. The number of ether oxygens (including phenoxy) is 2. The smallest absolute Gasteiger partial charge is 0.289 e. The second-order valence-corrected chi connectivity index (χ2v) is 17.0. The molecule has 1 saturated carbocycles. The number of aromatic nitrogens is 2. The van der Waals surface area contributed by atoms with Crippen molar-refractivity contribution >= 4 is 35.0 Å². The van der Waals surface area contributed by atoms with E-state index < -0.39 is 17.9 Å². The van der Waals surface area contributed by atoms with Crippen LogP contribution in [0, 0.1) is 28.1 Å². The van der Waals surface area contributed by atoms with Crippen molar-refractivity contribution in [3.63, 3.8) is 0 Å². The van der Waals surface area contributed by atoms with Gasteiger partial charge in [0.05, 0.1) is 30.8 Å². The van der Waals surface area contributed by atoms with Gasteiger partial charge in [0.1, 0.15) is 29.7 Å². The number of rotatable bonds is 11. The summed E-state index contributed by atoms with van der Waals surface area (Å²) in [6.07, 6.45) is 5.76. The lowest BCUT2D eigenvalue weighted by molar-refractivity contribution is -0.164. The first kappa shape index (κ1) is 40.4. The van der Waals surface area contributed by atoms with Gasteiger partial charge in [-0.05, 0) is 61.6 Å². The number of imide groups is 1. The molecule has 1 aromatic heterocycles. The number of benzene rings is 2. The quantitative estimate of drug-likeness (QED) is 0.241. The molecule has 4 heterocycles. The third kappa shape index (κ3) is 8.43. The van der Waals surface area contributed by atoms with Crippen molar-refractivity contribution < 1.29 is 28.7 Å². The van der Waals surface area contributed by atoms with Gasteiger partial charge in [-0.25, -0.2) is 9.97 Å². The molecule has 0 bridgehead atoms. The van der Waals surface area contributed by atoms with Gasteiger partial charge in [-0.3, -0.25) is 29.4 Å². The fraction of sp³-hybridized carbons (Fsp3) is 0.512.